The Hall–Kier alpha value is -1.21. The van der Waals surface area contributed by atoms with E-state index in [4.69, 9.17) is 39.1 Å². The maximum atomic E-state index is 9.06. The first-order chi connectivity index (χ1) is 9.38. The second-order valence-corrected chi connectivity index (χ2v) is 5.55. The lowest BCUT2D eigenvalue weighted by molar-refractivity contribution is -0.0425. The van der Waals surface area contributed by atoms with Gasteiger partial charge in [-0.3, -0.25) is 0 Å². The molecule has 1 aromatic rings. The highest BCUT2D eigenvalue weighted by molar-refractivity contribution is 6.32. The molecule has 0 saturated heterocycles. The van der Waals surface area contributed by atoms with E-state index in [0.717, 1.165) is 0 Å². The number of nitrogens with two attached hydrogens (primary N) is 1. The summed E-state index contributed by atoms with van der Waals surface area (Å²) in [6.07, 6.45) is 4.57. The number of nitrogens with one attached hydrogen (secondary N) is 1. The smallest absolute Gasteiger partial charge is 0.181 e. The van der Waals surface area contributed by atoms with Gasteiger partial charge in [0.05, 0.1) is 28.3 Å². The van der Waals surface area contributed by atoms with Crippen LogP contribution in [0.1, 0.15) is 24.9 Å². The minimum atomic E-state index is -1.54. The van der Waals surface area contributed by atoms with E-state index < -0.39 is 6.29 Å². The number of allylic oxidation sites excluding steroid dienone is 2. The van der Waals surface area contributed by atoms with Gasteiger partial charge in [0.2, 0.25) is 0 Å². The standard InChI is InChI=1S/C12H16Cl2N4O2/c1-6(18-5-7(4-16-18)12(19)20)17-11-3-9(14)8(13)2-10(11)15/h2-6,8-9,12,17,19-20H,15H2,1H3. The topological polar surface area (TPSA) is 96.3 Å². The third-order valence-electron chi connectivity index (χ3n) is 2.96. The van der Waals surface area contributed by atoms with Crippen LogP contribution in [0.3, 0.4) is 0 Å². The van der Waals surface area contributed by atoms with Crippen molar-refractivity contribution in [3.05, 3.63) is 41.5 Å². The maximum absolute atomic E-state index is 9.06. The second-order valence-electron chi connectivity index (χ2n) is 4.54. The van der Waals surface area contributed by atoms with E-state index in [0.29, 0.717) is 17.0 Å². The predicted octanol–water partition coefficient (Wildman–Crippen LogP) is 0.929. The van der Waals surface area contributed by atoms with Crippen LogP contribution in [0.15, 0.2) is 35.9 Å². The molecule has 1 aromatic heterocycles. The highest BCUT2D eigenvalue weighted by atomic mass is 35.5. The molecule has 1 aliphatic rings. The van der Waals surface area contributed by atoms with Gasteiger partial charge in [0.15, 0.2) is 6.29 Å². The lowest BCUT2D eigenvalue weighted by atomic mass is 10.1. The zero-order chi connectivity index (χ0) is 14.9. The number of aliphatic hydroxyl groups is 2. The van der Waals surface area contributed by atoms with E-state index in [-0.39, 0.29) is 16.9 Å². The molecular weight excluding hydrogens is 303 g/mol. The molecule has 0 spiro atoms. The Morgan fingerprint density at radius 3 is 2.60 bits per heavy atom. The van der Waals surface area contributed by atoms with Crippen molar-refractivity contribution in [2.24, 2.45) is 5.73 Å². The van der Waals surface area contributed by atoms with Crippen LogP contribution in [0.25, 0.3) is 0 Å². The van der Waals surface area contributed by atoms with Gasteiger partial charge in [0.1, 0.15) is 6.17 Å². The molecule has 0 fully saturated rings. The quantitative estimate of drug-likeness (QED) is 0.489. The molecule has 3 atom stereocenters. The molecule has 20 heavy (non-hydrogen) atoms. The highest BCUT2D eigenvalue weighted by Gasteiger charge is 2.21. The molecule has 5 N–H and O–H groups in total. The Labute approximate surface area is 126 Å². The number of hydrogen-bond acceptors (Lipinski definition) is 5. The van der Waals surface area contributed by atoms with Crippen LogP contribution < -0.4 is 11.1 Å². The third-order valence-corrected chi connectivity index (χ3v) is 3.88. The number of rotatable bonds is 4. The van der Waals surface area contributed by atoms with E-state index in [1.807, 2.05) is 6.92 Å². The summed E-state index contributed by atoms with van der Waals surface area (Å²) in [5.74, 6) is 0. The molecule has 2 rings (SSSR count). The molecule has 1 aliphatic carbocycles. The number of hydrogen-bond donors (Lipinski definition) is 4. The van der Waals surface area contributed by atoms with Gasteiger partial charge in [-0.25, -0.2) is 4.68 Å². The fourth-order valence-electron chi connectivity index (χ4n) is 1.82. The first kappa shape index (κ1) is 15.2. The second kappa shape index (κ2) is 6.05. The van der Waals surface area contributed by atoms with Crippen LogP contribution in [0.4, 0.5) is 0 Å². The van der Waals surface area contributed by atoms with E-state index in [2.05, 4.69) is 10.4 Å². The summed E-state index contributed by atoms with van der Waals surface area (Å²) in [5, 5.41) is 24.6. The maximum Gasteiger partial charge on any atom is 0.181 e. The molecular formula is C12H16Cl2N4O2. The van der Waals surface area contributed by atoms with Crippen LogP contribution in [0.5, 0.6) is 0 Å². The SMILES string of the molecule is CC(NC1=CC(Cl)C(Cl)C=C1N)n1cc(C(O)O)cn1. The highest BCUT2D eigenvalue weighted by Crippen LogP contribution is 2.23. The van der Waals surface area contributed by atoms with E-state index in [9.17, 15) is 0 Å². The first-order valence-corrected chi connectivity index (χ1v) is 6.90. The largest absolute Gasteiger partial charge is 0.397 e. The van der Waals surface area contributed by atoms with Crippen molar-refractivity contribution in [2.45, 2.75) is 30.1 Å². The van der Waals surface area contributed by atoms with Crippen LogP contribution >= 0.6 is 23.2 Å². The zero-order valence-corrected chi connectivity index (χ0v) is 12.3. The molecule has 0 aromatic carbocycles. The average Bonchev–Trinajstić information content (AvgIpc) is 2.85. The van der Waals surface area contributed by atoms with Crippen molar-refractivity contribution in [2.75, 3.05) is 0 Å². The van der Waals surface area contributed by atoms with Crippen LogP contribution in [0.2, 0.25) is 0 Å². The predicted molar refractivity (Wildman–Crippen MR) is 76.9 cm³/mol. The molecule has 3 unspecified atom stereocenters. The van der Waals surface area contributed by atoms with E-state index in [1.165, 1.54) is 12.4 Å². The summed E-state index contributed by atoms with van der Waals surface area (Å²) >= 11 is 12.1. The molecule has 0 aliphatic heterocycles. The number of nitrogens with zero attached hydrogens (tertiary/aromatic N) is 2. The van der Waals surface area contributed by atoms with Crippen molar-refractivity contribution in [1.82, 2.24) is 15.1 Å². The summed E-state index contributed by atoms with van der Waals surface area (Å²) in [6.45, 7) is 1.85. The number of halogens is 2. The van der Waals surface area contributed by atoms with Gasteiger partial charge < -0.3 is 21.3 Å². The summed E-state index contributed by atoms with van der Waals surface area (Å²) in [7, 11) is 0. The van der Waals surface area contributed by atoms with Crippen molar-refractivity contribution < 1.29 is 10.2 Å². The minimum Gasteiger partial charge on any atom is -0.397 e. The van der Waals surface area contributed by atoms with Gasteiger partial charge in [-0.15, -0.1) is 23.2 Å². The van der Waals surface area contributed by atoms with Gasteiger partial charge in [0.25, 0.3) is 0 Å². The van der Waals surface area contributed by atoms with Gasteiger partial charge in [-0.05, 0) is 19.1 Å². The lowest BCUT2D eigenvalue weighted by Gasteiger charge is -2.24. The van der Waals surface area contributed by atoms with Crippen LogP contribution in [-0.2, 0) is 0 Å². The van der Waals surface area contributed by atoms with E-state index >= 15 is 0 Å². The molecule has 110 valence electrons. The van der Waals surface area contributed by atoms with Crippen molar-refractivity contribution >= 4 is 23.2 Å². The van der Waals surface area contributed by atoms with Gasteiger partial charge in [-0.1, -0.05) is 0 Å². The monoisotopic (exact) mass is 318 g/mol. The zero-order valence-electron chi connectivity index (χ0n) is 10.7. The third kappa shape index (κ3) is 3.27. The lowest BCUT2D eigenvalue weighted by Crippen LogP contribution is -2.31. The summed E-state index contributed by atoms with van der Waals surface area (Å²) < 4.78 is 1.55. The molecule has 0 bridgehead atoms. The molecule has 8 heteroatoms. The molecule has 0 saturated carbocycles. The van der Waals surface area contributed by atoms with Gasteiger partial charge >= 0.3 is 0 Å². The van der Waals surface area contributed by atoms with Crippen molar-refractivity contribution in [1.29, 1.82) is 0 Å². The Morgan fingerprint density at radius 1 is 1.35 bits per heavy atom. The Morgan fingerprint density at radius 2 is 2.00 bits per heavy atom. The molecule has 6 nitrogen and oxygen atoms in total. The van der Waals surface area contributed by atoms with Crippen LogP contribution in [0, 0.1) is 0 Å². The Bertz CT molecular complexity index is 541. The molecule has 0 radical (unpaired) electrons. The molecule has 0 amide bonds. The molecule has 1 heterocycles. The summed E-state index contributed by atoms with van der Waals surface area (Å²) in [4.78, 5) is 0. The Balaban J connectivity index is 2.09. The van der Waals surface area contributed by atoms with E-state index in [1.54, 1.807) is 16.8 Å². The number of aliphatic hydroxyl groups excluding tert-OH is 1. The normalized spacial score (nSPS) is 24.3. The summed E-state index contributed by atoms with van der Waals surface area (Å²) in [5.41, 5.74) is 7.40. The van der Waals surface area contributed by atoms with Gasteiger partial charge in [0, 0.05) is 11.8 Å². The van der Waals surface area contributed by atoms with Gasteiger partial charge in [-0.2, -0.15) is 5.10 Å². The fourth-order valence-corrected chi connectivity index (χ4v) is 2.23. The fraction of sp³-hybridized carbons (Fsp3) is 0.417. The first-order valence-electron chi connectivity index (χ1n) is 6.03. The van der Waals surface area contributed by atoms with Crippen LogP contribution in [-0.4, -0.2) is 30.7 Å². The Kier molecular flexibility index (Phi) is 4.59. The van der Waals surface area contributed by atoms with Crippen molar-refractivity contribution in [3.8, 4) is 0 Å². The average molecular weight is 319 g/mol. The number of aromatic nitrogens is 2. The minimum absolute atomic E-state index is 0.239. The summed E-state index contributed by atoms with van der Waals surface area (Å²) in [6, 6.07) is 0. The number of alkyl halides is 2. The van der Waals surface area contributed by atoms with Crippen molar-refractivity contribution in [3.63, 3.8) is 0 Å².